The Hall–Kier alpha value is -1.59. The summed E-state index contributed by atoms with van der Waals surface area (Å²) in [7, 11) is 0. The second-order valence-electron chi connectivity index (χ2n) is 3.40. The number of aliphatic carboxylic acids is 1. The van der Waals surface area contributed by atoms with Crippen molar-refractivity contribution in [2.24, 2.45) is 0 Å². The number of halogens is 3. The molecule has 0 radical (unpaired) electrons. The standard InChI is InChI=1S/C10H10F3NO2/c1-6-3-2-4-8(14-6)7(5-9(15)16)10(11,12)13/h2-4,7H,5H2,1H3,(H,15,16). The van der Waals surface area contributed by atoms with Crippen LogP contribution in [0.3, 0.4) is 0 Å². The minimum atomic E-state index is -4.60. The summed E-state index contributed by atoms with van der Waals surface area (Å²) in [4.78, 5) is 14.1. The minimum Gasteiger partial charge on any atom is -0.481 e. The van der Waals surface area contributed by atoms with Crippen molar-refractivity contribution < 1.29 is 23.1 Å². The van der Waals surface area contributed by atoms with Crippen LogP contribution >= 0.6 is 0 Å². The lowest BCUT2D eigenvalue weighted by atomic mass is 10.00. The first-order valence-electron chi connectivity index (χ1n) is 4.53. The van der Waals surface area contributed by atoms with Crippen LogP contribution in [-0.4, -0.2) is 22.2 Å². The Labute approximate surface area is 89.9 Å². The second kappa shape index (κ2) is 4.51. The van der Waals surface area contributed by atoms with Crippen LogP contribution < -0.4 is 0 Å². The molecular weight excluding hydrogens is 223 g/mol. The van der Waals surface area contributed by atoms with Gasteiger partial charge in [0.15, 0.2) is 0 Å². The molecule has 1 N–H and O–H groups in total. The number of aryl methyl sites for hydroxylation is 1. The Morgan fingerprint density at radius 2 is 2.12 bits per heavy atom. The van der Waals surface area contributed by atoms with E-state index in [9.17, 15) is 18.0 Å². The van der Waals surface area contributed by atoms with Gasteiger partial charge in [-0.25, -0.2) is 0 Å². The zero-order valence-corrected chi connectivity index (χ0v) is 8.45. The summed E-state index contributed by atoms with van der Waals surface area (Å²) >= 11 is 0. The topological polar surface area (TPSA) is 50.2 Å². The van der Waals surface area contributed by atoms with E-state index in [0.29, 0.717) is 5.69 Å². The molecule has 0 saturated carbocycles. The fourth-order valence-corrected chi connectivity index (χ4v) is 1.32. The monoisotopic (exact) mass is 233 g/mol. The zero-order valence-electron chi connectivity index (χ0n) is 8.45. The number of nitrogens with zero attached hydrogens (tertiary/aromatic N) is 1. The smallest absolute Gasteiger partial charge is 0.397 e. The number of carboxylic acids is 1. The van der Waals surface area contributed by atoms with Crippen LogP contribution in [0.25, 0.3) is 0 Å². The second-order valence-corrected chi connectivity index (χ2v) is 3.40. The van der Waals surface area contributed by atoms with E-state index >= 15 is 0 Å². The predicted molar refractivity (Wildman–Crippen MR) is 50.0 cm³/mol. The number of carboxylic acid groups (broad SMARTS) is 1. The van der Waals surface area contributed by atoms with Crippen molar-refractivity contribution in [2.45, 2.75) is 25.4 Å². The first kappa shape index (κ1) is 12.5. The highest BCUT2D eigenvalue weighted by atomic mass is 19.4. The molecule has 0 aliphatic carbocycles. The summed E-state index contributed by atoms with van der Waals surface area (Å²) in [5.41, 5.74) is 0.173. The van der Waals surface area contributed by atoms with Crippen molar-refractivity contribution in [3.8, 4) is 0 Å². The molecule has 0 aliphatic rings. The van der Waals surface area contributed by atoms with Gasteiger partial charge in [0.1, 0.15) is 5.92 Å². The number of hydrogen-bond acceptors (Lipinski definition) is 2. The zero-order chi connectivity index (χ0) is 12.3. The van der Waals surface area contributed by atoms with Crippen LogP contribution in [0.2, 0.25) is 0 Å². The Balaban J connectivity index is 3.06. The number of pyridine rings is 1. The van der Waals surface area contributed by atoms with Crippen molar-refractivity contribution >= 4 is 5.97 Å². The molecule has 1 unspecified atom stereocenters. The normalized spacial score (nSPS) is 13.5. The summed E-state index contributed by atoms with van der Waals surface area (Å²) in [6.45, 7) is 1.55. The van der Waals surface area contributed by atoms with Gasteiger partial charge in [-0.15, -0.1) is 0 Å². The molecular formula is C10H10F3NO2. The number of hydrogen-bond donors (Lipinski definition) is 1. The van der Waals surface area contributed by atoms with E-state index in [1.807, 2.05) is 0 Å². The molecule has 1 heterocycles. The summed E-state index contributed by atoms with van der Waals surface area (Å²) in [6.07, 6.45) is -5.60. The van der Waals surface area contributed by atoms with E-state index in [-0.39, 0.29) is 5.69 Å². The minimum absolute atomic E-state index is 0.255. The Bertz CT molecular complexity index is 390. The van der Waals surface area contributed by atoms with Gasteiger partial charge < -0.3 is 5.11 Å². The first-order chi connectivity index (χ1) is 7.30. The highest BCUT2D eigenvalue weighted by Crippen LogP contribution is 2.36. The molecule has 1 atom stereocenters. The van der Waals surface area contributed by atoms with Crippen molar-refractivity contribution in [1.29, 1.82) is 0 Å². The van der Waals surface area contributed by atoms with Crippen molar-refractivity contribution in [3.05, 3.63) is 29.6 Å². The molecule has 1 rings (SSSR count). The number of aromatic nitrogens is 1. The highest BCUT2D eigenvalue weighted by Gasteiger charge is 2.42. The van der Waals surface area contributed by atoms with Crippen LogP contribution in [0.4, 0.5) is 13.2 Å². The van der Waals surface area contributed by atoms with Gasteiger partial charge in [-0.3, -0.25) is 9.78 Å². The lowest BCUT2D eigenvalue weighted by molar-refractivity contribution is -0.164. The van der Waals surface area contributed by atoms with E-state index in [0.717, 1.165) is 0 Å². The van der Waals surface area contributed by atoms with Crippen molar-refractivity contribution in [2.75, 3.05) is 0 Å². The molecule has 88 valence electrons. The fraction of sp³-hybridized carbons (Fsp3) is 0.400. The molecule has 0 amide bonds. The van der Waals surface area contributed by atoms with Gasteiger partial charge in [0.2, 0.25) is 0 Å². The van der Waals surface area contributed by atoms with Gasteiger partial charge in [0.25, 0.3) is 0 Å². The summed E-state index contributed by atoms with van der Waals surface area (Å²) < 4.78 is 37.8. The third-order valence-corrected chi connectivity index (χ3v) is 2.04. The molecule has 0 fully saturated rings. The molecule has 1 aromatic heterocycles. The maximum absolute atomic E-state index is 12.6. The number of carbonyl (C=O) groups is 1. The molecule has 3 nitrogen and oxygen atoms in total. The maximum atomic E-state index is 12.6. The molecule has 0 aromatic carbocycles. The van der Waals surface area contributed by atoms with E-state index < -0.39 is 24.5 Å². The molecule has 1 aromatic rings. The van der Waals surface area contributed by atoms with Gasteiger partial charge in [-0.1, -0.05) is 6.07 Å². The first-order valence-corrected chi connectivity index (χ1v) is 4.53. The fourth-order valence-electron chi connectivity index (χ4n) is 1.32. The van der Waals surface area contributed by atoms with Gasteiger partial charge in [0.05, 0.1) is 12.1 Å². The van der Waals surface area contributed by atoms with E-state index in [1.165, 1.54) is 12.1 Å². The van der Waals surface area contributed by atoms with Crippen LogP contribution in [0.5, 0.6) is 0 Å². The average Bonchev–Trinajstić information content (AvgIpc) is 2.12. The Morgan fingerprint density at radius 1 is 1.50 bits per heavy atom. The molecule has 16 heavy (non-hydrogen) atoms. The van der Waals surface area contributed by atoms with E-state index in [1.54, 1.807) is 13.0 Å². The SMILES string of the molecule is Cc1cccc(C(CC(=O)O)C(F)(F)F)n1. The van der Waals surface area contributed by atoms with Crippen LogP contribution in [-0.2, 0) is 4.79 Å². The summed E-state index contributed by atoms with van der Waals surface area (Å²) in [5, 5.41) is 8.45. The summed E-state index contributed by atoms with van der Waals surface area (Å²) in [6, 6.07) is 4.17. The van der Waals surface area contributed by atoms with E-state index in [2.05, 4.69) is 4.98 Å². The number of rotatable bonds is 3. The van der Waals surface area contributed by atoms with Crippen LogP contribution in [0.1, 0.15) is 23.7 Å². The van der Waals surface area contributed by atoms with E-state index in [4.69, 9.17) is 5.11 Å². The molecule has 0 aliphatic heterocycles. The molecule has 6 heteroatoms. The van der Waals surface area contributed by atoms with Crippen LogP contribution in [0.15, 0.2) is 18.2 Å². The lowest BCUT2D eigenvalue weighted by Gasteiger charge is -2.18. The average molecular weight is 233 g/mol. The highest BCUT2D eigenvalue weighted by molar-refractivity contribution is 5.68. The van der Waals surface area contributed by atoms with Crippen molar-refractivity contribution in [1.82, 2.24) is 4.98 Å². The lowest BCUT2D eigenvalue weighted by Crippen LogP contribution is -2.24. The number of alkyl halides is 3. The maximum Gasteiger partial charge on any atom is 0.397 e. The van der Waals surface area contributed by atoms with Crippen molar-refractivity contribution in [3.63, 3.8) is 0 Å². The summed E-state index contributed by atoms with van der Waals surface area (Å²) in [5.74, 6) is -3.55. The Morgan fingerprint density at radius 3 is 2.56 bits per heavy atom. The Kier molecular flexibility index (Phi) is 3.51. The molecule has 0 saturated heterocycles. The van der Waals surface area contributed by atoms with Gasteiger partial charge >= 0.3 is 12.1 Å². The molecule has 0 bridgehead atoms. The third kappa shape index (κ3) is 3.22. The van der Waals surface area contributed by atoms with Gasteiger partial charge in [-0.05, 0) is 19.1 Å². The van der Waals surface area contributed by atoms with Crippen LogP contribution in [0, 0.1) is 6.92 Å². The quantitative estimate of drug-likeness (QED) is 0.872. The van der Waals surface area contributed by atoms with Gasteiger partial charge in [0, 0.05) is 5.69 Å². The van der Waals surface area contributed by atoms with Gasteiger partial charge in [-0.2, -0.15) is 13.2 Å². The molecule has 0 spiro atoms. The largest absolute Gasteiger partial charge is 0.481 e. The third-order valence-electron chi connectivity index (χ3n) is 2.04. The predicted octanol–water partition coefficient (Wildman–Crippen LogP) is 2.51.